The fraction of sp³-hybridized carbons (Fsp3) is 0.368. The van der Waals surface area contributed by atoms with Gasteiger partial charge in [-0.2, -0.15) is 0 Å². The van der Waals surface area contributed by atoms with Gasteiger partial charge in [0, 0.05) is 17.8 Å². The first-order valence-corrected chi connectivity index (χ1v) is 8.28. The van der Waals surface area contributed by atoms with Crippen LogP contribution in [0.3, 0.4) is 0 Å². The number of carboxylic acids is 1. The second-order valence-corrected chi connectivity index (χ2v) is 6.20. The lowest BCUT2D eigenvalue weighted by Crippen LogP contribution is -2.32. The van der Waals surface area contributed by atoms with Gasteiger partial charge in [-0.3, -0.25) is 9.59 Å². The summed E-state index contributed by atoms with van der Waals surface area (Å²) in [7, 11) is 1.62. The van der Waals surface area contributed by atoms with E-state index in [1.807, 2.05) is 18.2 Å². The lowest BCUT2D eigenvalue weighted by molar-refractivity contribution is -0.136. The van der Waals surface area contributed by atoms with E-state index in [4.69, 9.17) is 14.3 Å². The summed E-state index contributed by atoms with van der Waals surface area (Å²) in [5, 5.41) is 9.05. The van der Waals surface area contributed by atoms with Crippen LogP contribution in [0.25, 0.3) is 0 Å². The van der Waals surface area contributed by atoms with Crippen molar-refractivity contribution in [3.05, 3.63) is 46.9 Å². The molecule has 6 nitrogen and oxygen atoms in total. The summed E-state index contributed by atoms with van der Waals surface area (Å²) >= 11 is 0. The summed E-state index contributed by atoms with van der Waals surface area (Å²) in [5.74, 6) is -0.270. The maximum atomic E-state index is 13.2. The Morgan fingerprint density at radius 2 is 2.12 bits per heavy atom. The first-order valence-electron chi connectivity index (χ1n) is 8.28. The van der Waals surface area contributed by atoms with E-state index >= 15 is 0 Å². The maximum absolute atomic E-state index is 13.2. The summed E-state index contributed by atoms with van der Waals surface area (Å²) in [6, 6.07) is 5.69. The Balaban J connectivity index is 2.01. The Morgan fingerprint density at radius 3 is 2.84 bits per heavy atom. The molecule has 0 aliphatic carbocycles. The minimum Gasteiger partial charge on any atom is -0.497 e. The minimum atomic E-state index is -1.02. The third-order valence-corrected chi connectivity index (χ3v) is 4.48. The van der Waals surface area contributed by atoms with Gasteiger partial charge in [0.25, 0.3) is 5.91 Å². The number of carbonyl (C=O) groups is 2. The number of fused-ring (bicyclic) bond motifs is 1. The molecule has 1 amide bonds. The highest BCUT2D eigenvalue weighted by Gasteiger charge is 2.28. The molecule has 1 aliphatic heterocycles. The minimum absolute atomic E-state index is 0.203. The van der Waals surface area contributed by atoms with Crippen LogP contribution < -0.4 is 9.64 Å². The van der Waals surface area contributed by atoms with E-state index in [2.05, 4.69) is 0 Å². The lowest BCUT2D eigenvalue weighted by atomic mass is 10.1. The zero-order valence-corrected chi connectivity index (χ0v) is 14.4. The van der Waals surface area contributed by atoms with Gasteiger partial charge in [0.15, 0.2) is 0 Å². The number of methoxy groups -OCH3 is 1. The van der Waals surface area contributed by atoms with Crippen molar-refractivity contribution in [1.29, 1.82) is 0 Å². The number of benzene rings is 1. The second-order valence-electron chi connectivity index (χ2n) is 6.20. The monoisotopic (exact) mass is 343 g/mol. The molecule has 1 aliphatic rings. The van der Waals surface area contributed by atoms with Crippen molar-refractivity contribution < 1.29 is 23.8 Å². The molecule has 1 aromatic carbocycles. The number of carbonyl (C=O) groups excluding carboxylic acids is 1. The fourth-order valence-corrected chi connectivity index (χ4v) is 3.26. The molecule has 0 saturated heterocycles. The van der Waals surface area contributed by atoms with Gasteiger partial charge in [0.05, 0.1) is 18.9 Å². The Labute approximate surface area is 146 Å². The van der Waals surface area contributed by atoms with Gasteiger partial charge < -0.3 is 19.2 Å². The average molecular weight is 343 g/mol. The number of hydrogen-bond acceptors (Lipinski definition) is 4. The molecule has 1 N–H and O–H groups in total. The molecule has 2 heterocycles. The van der Waals surface area contributed by atoms with Crippen LogP contribution in [0.5, 0.6) is 5.75 Å². The van der Waals surface area contributed by atoms with E-state index in [0.717, 1.165) is 36.3 Å². The number of furan rings is 1. The smallest absolute Gasteiger partial charge is 0.311 e. The third-order valence-electron chi connectivity index (χ3n) is 4.48. The van der Waals surface area contributed by atoms with Gasteiger partial charge in [-0.1, -0.05) is 0 Å². The van der Waals surface area contributed by atoms with Gasteiger partial charge in [-0.05, 0) is 49.9 Å². The quantitative estimate of drug-likeness (QED) is 0.922. The molecule has 0 fully saturated rings. The molecular weight excluding hydrogens is 322 g/mol. The van der Waals surface area contributed by atoms with E-state index in [1.165, 1.54) is 6.26 Å². The summed E-state index contributed by atoms with van der Waals surface area (Å²) in [5.41, 5.74) is 2.92. The topological polar surface area (TPSA) is 80.0 Å². The highest BCUT2D eigenvalue weighted by Crippen LogP contribution is 2.32. The summed E-state index contributed by atoms with van der Waals surface area (Å²) in [6.45, 7) is 2.35. The number of carboxylic acid groups (broad SMARTS) is 1. The molecule has 0 radical (unpaired) electrons. The van der Waals surface area contributed by atoms with E-state index in [1.54, 1.807) is 18.9 Å². The standard InChI is InChI=1S/C19H21NO5/c1-12-11-25-16(10-17(21)22)18(12)19(23)20-8-4-3-5-13-9-14(24-2)6-7-15(13)20/h6-7,9,11H,3-5,8,10H2,1-2H3,(H,21,22). The number of rotatable bonds is 4. The first-order chi connectivity index (χ1) is 12.0. The zero-order valence-electron chi connectivity index (χ0n) is 14.4. The van der Waals surface area contributed by atoms with Crippen LogP contribution in [-0.4, -0.2) is 30.6 Å². The number of amides is 1. The first kappa shape index (κ1) is 17.1. The fourth-order valence-electron chi connectivity index (χ4n) is 3.26. The maximum Gasteiger partial charge on any atom is 0.311 e. The highest BCUT2D eigenvalue weighted by molar-refractivity contribution is 6.08. The van der Waals surface area contributed by atoms with Crippen molar-refractivity contribution in [2.45, 2.75) is 32.6 Å². The van der Waals surface area contributed by atoms with Crippen molar-refractivity contribution in [1.82, 2.24) is 0 Å². The molecule has 2 aromatic rings. The van der Waals surface area contributed by atoms with Gasteiger partial charge in [0.1, 0.15) is 17.9 Å². The molecule has 132 valence electrons. The average Bonchev–Trinajstić information content (AvgIpc) is 2.81. The van der Waals surface area contributed by atoms with Crippen LogP contribution in [0, 0.1) is 6.92 Å². The Hall–Kier alpha value is -2.76. The zero-order chi connectivity index (χ0) is 18.0. The van der Waals surface area contributed by atoms with E-state index in [-0.39, 0.29) is 18.1 Å². The van der Waals surface area contributed by atoms with Crippen LogP contribution in [0.1, 0.15) is 40.1 Å². The van der Waals surface area contributed by atoms with E-state index in [9.17, 15) is 9.59 Å². The van der Waals surface area contributed by atoms with Gasteiger partial charge in [-0.25, -0.2) is 0 Å². The predicted octanol–water partition coefficient (Wildman–Crippen LogP) is 3.21. The third kappa shape index (κ3) is 3.38. The number of aliphatic carboxylic acids is 1. The summed E-state index contributed by atoms with van der Waals surface area (Å²) in [4.78, 5) is 26.0. The lowest BCUT2D eigenvalue weighted by Gasteiger charge is -2.23. The molecule has 0 unspecified atom stereocenters. The van der Waals surface area contributed by atoms with Crippen LogP contribution in [0.4, 0.5) is 5.69 Å². The number of aryl methyl sites for hydroxylation is 2. The SMILES string of the molecule is COc1ccc2c(c1)CCCCN2C(=O)c1c(C)coc1CC(=O)O. The summed E-state index contributed by atoms with van der Waals surface area (Å²) in [6.07, 6.45) is 3.88. The molecule has 3 rings (SSSR count). The van der Waals surface area contributed by atoms with Crippen molar-refractivity contribution in [2.75, 3.05) is 18.6 Å². The number of hydrogen-bond donors (Lipinski definition) is 1. The highest BCUT2D eigenvalue weighted by atomic mass is 16.5. The molecule has 6 heteroatoms. The van der Waals surface area contributed by atoms with E-state index < -0.39 is 5.97 Å². The molecule has 1 aromatic heterocycles. The molecular formula is C19H21NO5. The van der Waals surface area contributed by atoms with Crippen molar-refractivity contribution in [2.24, 2.45) is 0 Å². The van der Waals surface area contributed by atoms with Crippen LogP contribution in [0.2, 0.25) is 0 Å². The Bertz CT molecular complexity index is 808. The van der Waals surface area contributed by atoms with Gasteiger partial charge in [-0.15, -0.1) is 0 Å². The molecule has 0 saturated carbocycles. The largest absolute Gasteiger partial charge is 0.497 e. The molecule has 25 heavy (non-hydrogen) atoms. The van der Waals surface area contributed by atoms with Gasteiger partial charge >= 0.3 is 5.97 Å². The van der Waals surface area contributed by atoms with Gasteiger partial charge in [0.2, 0.25) is 0 Å². The Morgan fingerprint density at radius 1 is 1.32 bits per heavy atom. The van der Waals surface area contributed by atoms with Crippen LogP contribution in [-0.2, 0) is 17.6 Å². The normalized spacial score (nSPS) is 13.9. The summed E-state index contributed by atoms with van der Waals surface area (Å²) < 4.78 is 10.6. The second kappa shape index (κ2) is 7.01. The predicted molar refractivity (Wildman–Crippen MR) is 92.4 cm³/mol. The molecule has 0 spiro atoms. The van der Waals surface area contributed by atoms with Crippen molar-refractivity contribution in [3.8, 4) is 5.75 Å². The van der Waals surface area contributed by atoms with Crippen molar-refractivity contribution in [3.63, 3.8) is 0 Å². The Kier molecular flexibility index (Phi) is 4.79. The van der Waals surface area contributed by atoms with Crippen molar-refractivity contribution >= 4 is 17.6 Å². The molecule has 0 atom stereocenters. The molecule has 0 bridgehead atoms. The van der Waals surface area contributed by atoms with E-state index in [0.29, 0.717) is 17.7 Å². The number of ether oxygens (including phenoxy) is 1. The number of anilines is 1. The van der Waals surface area contributed by atoms with Crippen LogP contribution >= 0.6 is 0 Å². The number of nitrogens with zero attached hydrogens (tertiary/aromatic N) is 1. The van der Waals surface area contributed by atoms with Crippen LogP contribution in [0.15, 0.2) is 28.9 Å².